The van der Waals surface area contributed by atoms with Crippen molar-refractivity contribution in [2.24, 2.45) is 11.7 Å². The summed E-state index contributed by atoms with van der Waals surface area (Å²) >= 11 is 0. The summed E-state index contributed by atoms with van der Waals surface area (Å²) < 4.78 is 1.71. The number of nitrogens with one attached hydrogen (secondary N) is 3. The molecule has 1 aromatic rings. The third kappa shape index (κ3) is 20.5. The highest BCUT2D eigenvalue weighted by Gasteiger charge is 2.24. The van der Waals surface area contributed by atoms with Crippen LogP contribution in [0.1, 0.15) is 109 Å². The third-order valence-corrected chi connectivity index (χ3v) is 7.90. The molecule has 0 radical (unpaired) electrons. The number of ketones is 2. The molecule has 0 saturated heterocycles. The fourth-order valence-corrected chi connectivity index (χ4v) is 5.08. The van der Waals surface area contributed by atoms with Crippen LogP contribution in [0.25, 0.3) is 0 Å². The van der Waals surface area contributed by atoms with Crippen molar-refractivity contribution in [2.45, 2.75) is 128 Å². The monoisotopic (exact) mass is 695 g/mol. The largest absolute Gasteiger partial charge is 0.481 e. The Morgan fingerprint density at radius 2 is 1.47 bits per heavy atom. The number of unbranched alkanes of at least 4 members (excludes halogenated alkanes) is 5. The molecule has 276 valence electrons. The second kappa shape index (κ2) is 24.7. The van der Waals surface area contributed by atoms with Crippen molar-refractivity contribution in [3.8, 4) is 0 Å². The Morgan fingerprint density at radius 3 is 2.10 bits per heavy atom. The first-order chi connectivity index (χ1) is 23.3. The van der Waals surface area contributed by atoms with Crippen LogP contribution in [0.5, 0.6) is 0 Å². The standard InChI is InChI=1S/C32H53N7O10/c1-22(40)26(14-15-29(43)44)35-32(49)36-27(31(47)48)12-6-8-18-34-28(42)13-5-3-2-4-11-25(41)20-23(30(45)46)10-7-9-19-39-21-24(16-17-33)37-38-39/h21,23,26-27H,2-20,33H2,1H3,(H,34,42)(H,43,44)(H,45,46)(H,47,48)(H2,35,36,49). The van der Waals surface area contributed by atoms with E-state index in [1.807, 2.05) is 6.20 Å². The number of rotatable bonds is 29. The van der Waals surface area contributed by atoms with Crippen molar-refractivity contribution in [3.63, 3.8) is 0 Å². The predicted molar refractivity (Wildman–Crippen MR) is 176 cm³/mol. The summed E-state index contributed by atoms with van der Waals surface area (Å²) in [5, 5.41) is 43.1. The quantitative estimate of drug-likeness (QED) is 0.0590. The zero-order valence-corrected chi connectivity index (χ0v) is 28.4. The maximum absolute atomic E-state index is 12.4. The fraction of sp³-hybridized carbons (Fsp3) is 0.719. The van der Waals surface area contributed by atoms with Gasteiger partial charge in [-0.25, -0.2) is 9.59 Å². The molecule has 0 saturated carbocycles. The number of carboxylic acids is 3. The van der Waals surface area contributed by atoms with Crippen LogP contribution in [0.4, 0.5) is 4.79 Å². The topological polar surface area (TPSA) is 273 Å². The predicted octanol–water partition coefficient (Wildman–Crippen LogP) is 1.81. The maximum atomic E-state index is 12.4. The van der Waals surface area contributed by atoms with E-state index in [2.05, 4.69) is 26.3 Å². The lowest BCUT2D eigenvalue weighted by Crippen LogP contribution is -2.50. The van der Waals surface area contributed by atoms with Gasteiger partial charge in [0.1, 0.15) is 11.8 Å². The number of aliphatic carboxylic acids is 3. The van der Waals surface area contributed by atoms with Gasteiger partial charge in [-0.15, -0.1) is 5.10 Å². The molecule has 3 atom stereocenters. The normalized spacial score (nSPS) is 12.8. The molecule has 0 bridgehead atoms. The first kappa shape index (κ1) is 42.6. The van der Waals surface area contributed by atoms with Gasteiger partial charge in [0.25, 0.3) is 0 Å². The number of Topliss-reactive ketones (excluding diaryl/α,β-unsaturated/α-hetero) is 2. The summed E-state index contributed by atoms with van der Waals surface area (Å²) in [6.07, 6.45) is 8.13. The molecule has 49 heavy (non-hydrogen) atoms. The lowest BCUT2D eigenvalue weighted by Gasteiger charge is -2.19. The minimum atomic E-state index is -1.26. The first-order valence-electron chi connectivity index (χ1n) is 16.9. The van der Waals surface area contributed by atoms with Crippen LogP contribution < -0.4 is 21.7 Å². The van der Waals surface area contributed by atoms with Crippen LogP contribution in [0.3, 0.4) is 0 Å². The van der Waals surface area contributed by atoms with Gasteiger partial charge >= 0.3 is 23.9 Å². The van der Waals surface area contributed by atoms with E-state index >= 15 is 0 Å². The van der Waals surface area contributed by atoms with Crippen LogP contribution in [-0.4, -0.2) is 96.9 Å². The van der Waals surface area contributed by atoms with Crippen LogP contribution in [0.2, 0.25) is 0 Å². The molecular formula is C32H53N7O10. The van der Waals surface area contributed by atoms with E-state index in [9.17, 15) is 43.8 Å². The number of carbonyl (C=O) groups is 7. The van der Waals surface area contributed by atoms with E-state index in [-0.39, 0.29) is 37.4 Å². The van der Waals surface area contributed by atoms with Gasteiger partial charge < -0.3 is 37.0 Å². The Kier molecular flexibility index (Phi) is 21.5. The Labute approximate surface area is 286 Å². The summed E-state index contributed by atoms with van der Waals surface area (Å²) in [4.78, 5) is 82.3. The maximum Gasteiger partial charge on any atom is 0.326 e. The van der Waals surface area contributed by atoms with Gasteiger partial charge in [-0.2, -0.15) is 0 Å². The first-order valence-corrected chi connectivity index (χ1v) is 16.9. The Balaban J connectivity index is 2.17. The highest BCUT2D eigenvalue weighted by molar-refractivity contribution is 5.89. The molecule has 17 heteroatoms. The zero-order chi connectivity index (χ0) is 36.6. The number of aromatic nitrogens is 3. The number of hydrogen-bond acceptors (Lipinski definition) is 10. The minimum absolute atomic E-state index is 0.00706. The smallest absolute Gasteiger partial charge is 0.326 e. The van der Waals surface area contributed by atoms with E-state index < -0.39 is 47.7 Å². The molecule has 0 aromatic carbocycles. The summed E-state index contributed by atoms with van der Waals surface area (Å²) in [5.74, 6) is -4.75. The molecule has 0 aliphatic heterocycles. The fourth-order valence-electron chi connectivity index (χ4n) is 5.08. The number of amides is 3. The van der Waals surface area contributed by atoms with Gasteiger partial charge in [-0.3, -0.25) is 28.7 Å². The molecule has 3 amide bonds. The molecule has 1 aromatic heterocycles. The van der Waals surface area contributed by atoms with Gasteiger partial charge in [-0.1, -0.05) is 24.5 Å². The van der Waals surface area contributed by atoms with Gasteiger partial charge in [0.05, 0.1) is 17.7 Å². The lowest BCUT2D eigenvalue weighted by atomic mass is 9.94. The Morgan fingerprint density at radius 1 is 0.796 bits per heavy atom. The molecule has 0 aliphatic rings. The number of nitrogens with two attached hydrogens (primary N) is 1. The molecular weight excluding hydrogens is 642 g/mol. The summed E-state index contributed by atoms with van der Waals surface area (Å²) in [7, 11) is 0. The molecule has 1 rings (SSSR count). The Bertz CT molecular complexity index is 1220. The molecule has 17 nitrogen and oxygen atoms in total. The van der Waals surface area contributed by atoms with Crippen molar-refractivity contribution in [1.82, 2.24) is 30.9 Å². The summed E-state index contributed by atoms with van der Waals surface area (Å²) in [5.41, 5.74) is 6.33. The van der Waals surface area contributed by atoms with Gasteiger partial charge in [-0.05, 0) is 64.8 Å². The second-order valence-corrected chi connectivity index (χ2v) is 12.1. The van der Waals surface area contributed by atoms with Crippen molar-refractivity contribution in [3.05, 3.63) is 11.9 Å². The molecule has 0 fully saturated rings. The van der Waals surface area contributed by atoms with Crippen molar-refractivity contribution in [2.75, 3.05) is 13.1 Å². The van der Waals surface area contributed by atoms with Gasteiger partial charge in [0.15, 0.2) is 5.78 Å². The number of hydrogen-bond donors (Lipinski definition) is 7. The number of aryl methyl sites for hydroxylation is 1. The van der Waals surface area contributed by atoms with Crippen molar-refractivity contribution in [1.29, 1.82) is 0 Å². The molecule has 1 heterocycles. The second-order valence-electron chi connectivity index (χ2n) is 12.1. The minimum Gasteiger partial charge on any atom is -0.481 e. The van der Waals surface area contributed by atoms with Crippen LogP contribution >= 0.6 is 0 Å². The van der Waals surface area contributed by atoms with Crippen LogP contribution in [0, 0.1) is 5.92 Å². The average molecular weight is 696 g/mol. The molecule has 3 unspecified atom stereocenters. The van der Waals surface area contributed by atoms with E-state index in [4.69, 9.17) is 10.8 Å². The molecule has 8 N–H and O–H groups in total. The highest BCUT2D eigenvalue weighted by Crippen LogP contribution is 2.17. The van der Waals surface area contributed by atoms with E-state index in [1.54, 1.807) is 4.68 Å². The average Bonchev–Trinajstić information content (AvgIpc) is 3.48. The SMILES string of the molecule is CC(=O)C(CCC(=O)O)NC(=O)NC(CCCCNC(=O)CCCCCCC(=O)CC(CCCCn1cc(CCN)nn1)C(=O)O)C(=O)O. The molecule has 0 spiro atoms. The number of carbonyl (C=O) groups excluding carboxylic acids is 4. The zero-order valence-electron chi connectivity index (χ0n) is 28.4. The van der Waals surface area contributed by atoms with Gasteiger partial charge in [0, 0.05) is 51.4 Å². The summed E-state index contributed by atoms with van der Waals surface area (Å²) in [6, 6.07) is -3.16. The number of urea groups is 1. The Hall–Kier alpha value is -4.41. The van der Waals surface area contributed by atoms with Crippen LogP contribution in [0.15, 0.2) is 6.20 Å². The molecule has 0 aliphatic carbocycles. The van der Waals surface area contributed by atoms with Gasteiger partial charge in [0.2, 0.25) is 5.91 Å². The lowest BCUT2D eigenvalue weighted by molar-refractivity contribution is -0.144. The van der Waals surface area contributed by atoms with Crippen molar-refractivity contribution < 1.29 is 48.9 Å². The van der Waals surface area contributed by atoms with Crippen LogP contribution in [-0.2, 0) is 41.7 Å². The number of carboxylic acid groups (broad SMARTS) is 3. The van der Waals surface area contributed by atoms with E-state index in [0.29, 0.717) is 77.4 Å². The number of nitrogens with zero attached hydrogens (tertiary/aromatic N) is 3. The third-order valence-electron chi connectivity index (χ3n) is 7.90. The highest BCUT2D eigenvalue weighted by atomic mass is 16.4. The van der Waals surface area contributed by atoms with E-state index in [0.717, 1.165) is 25.0 Å². The van der Waals surface area contributed by atoms with E-state index in [1.165, 1.54) is 6.92 Å². The van der Waals surface area contributed by atoms with Crippen molar-refractivity contribution >= 4 is 41.4 Å². The summed E-state index contributed by atoms with van der Waals surface area (Å²) in [6.45, 7) is 2.64.